The van der Waals surface area contributed by atoms with E-state index in [0.717, 1.165) is 26.1 Å². The van der Waals surface area contributed by atoms with Crippen LogP contribution in [0.4, 0.5) is 4.79 Å². The summed E-state index contributed by atoms with van der Waals surface area (Å²) in [6.07, 6.45) is 1.92. The molecule has 10 heavy (non-hydrogen) atoms. The molecular formula is C6H12BNO2. The maximum Gasteiger partial charge on any atom is 0.215 e. The van der Waals surface area contributed by atoms with E-state index in [-0.39, 0.29) is 5.81 Å². The van der Waals surface area contributed by atoms with Gasteiger partial charge in [0.25, 0.3) is 0 Å². The molecule has 4 heteroatoms. The van der Waals surface area contributed by atoms with Crippen LogP contribution in [0, 0.1) is 0 Å². The fraction of sp³-hybridized carbons (Fsp3) is 0.833. The van der Waals surface area contributed by atoms with Crippen molar-refractivity contribution in [2.24, 2.45) is 0 Å². The van der Waals surface area contributed by atoms with Crippen molar-refractivity contribution in [3.05, 3.63) is 0 Å². The third-order valence-electron chi connectivity index (χ3n) is 1.63. The molecule has 0 bridgehead atoms. The van der Waals surface area contributed by atoms with Crippen LogP contribution in [0.5, 0.6) is 0 Å². The van der Waals surface area contributed by atoms with Gasteiger partial charge in [-0.05, 0) is 12.8 Å². The Morgan fingerprint density at radius 2 is 2.10 bits per heavy atom. The van der Waals surface area contributed by atoms with Crippen molar-refractivity contribution in [1.82, 2.24) is 5.32 Å². The predicted octanol–water partition coefficient (Wildman–Crippen LogP) is -0.492. The van der Waals surface area contributed by atoms with E-state index >= 15 is 0 Å². The summed E-state index contributed by atoms with van der Waals surface area (Å²) in [5, 5.41) is 2.86. The van der Waals surface area contributed by atoms with E-state index < -0.39 is 0 Å². The van der Waals surface area contributed by atoms with E-state index in [4.69, 9.17) is 4.74 Å². The van der Waals surface area contributed by atoms with Crippen LogP contribution in [0.1, 0.15) is 12.8 Å². The third kappa shape index (κ3) is 2.39. The monoisotopic (exact) mass is 141 g/mol. The van der Waals surface area contributed by atoms with Gasteiger partial charge < -0.3 is 10.1 Å². The van der Waals surface area contributed by atoms with Crippen LogP contribution < -0.4 is 5.32 Å². The zero-order valence-corrected chi connectivity index (χ0v) is 6.22. The average Bonchev–Trinajstić information content (AvgIpc) is 1.88. The first kappa shape index (κ1) is 7.60. The Kier molecular flexibility index (Phi) is 2.74. The van der Waals surface area contributed by atoms with Crippen molar-refractivity contribution in [3.63, 3.8) is 0 Å². The van der Waals surface area contributed by atoms with Crippen LogP contribution in [0.25, 0.3) is 0 Å². The van der Waals surface area contributed by atoms with Gasteiger partial charge in [-0.15, -0.1) is 0 Å². The molecule has 0 saturated carbocycles. The summed E-state index contributed by atoms with van der Waals surface area (Å²) < 4.78 is 5.13. The van der Waals surface area contributed by atoms with Gasteiger partial charge in [0.2, 0.25) is 7.85 Å². The molecule has 0 aromatic carbocycles. The topological polar surface area (TPSA) is 38.3 Å². The molecule has 0 aromatic heterocycles. The summed E-state index contributed by atoms with van der Waals surface area (Å²) in [5.41, 5.74) is 0. The maximum absolute atomic E-state index is 10.6. The summed E-state index contributed by atoms with van der Waals surface area (Å²) in [7, 11) is 1.55. The van der Waals surface area contributed by atoms with Gasteiger partial charge in [-0.3, -0.25) is 4.79 Å². The zero-order chi connectivity index (χ0) is 7.40. The molecule has 1 heterocycles. The molecule has 1 rings (SSSR count). The zero-order valence-electron chi connectivity index (χ0n) is 6.22. The van der Waals surface area contributed by atoms with Gasteiger partial charge in [-0.1, -0.05) is 0 Å². The Labute approximate surface area is 61.5 Å². The van der Waals surface area contributed by atoms with Gasteiger partial charge >= 0.3 is 0 Å². The van der Waals surface area contributed by atoms with Gasteiger partial charge in [-0.25, -0.2) is 0 Å². The lowest BCUT2D eigenvalue weighted by atomic mass is 10.1. The smallest absolute Gasteiger partial charge is 0.215 e. The second kappa shape index (κ2) is 3.61. The van der Waals surface area contributed by atoms with Gasteiger partial charge in [0.05, 0.1) is 0 Å². The molecule has 3 nitrogen and oxygen atoms in total. The van der Waals surface area contributed by atoms with Crippen LogP contribution in [-0.4, -0.2) is 32.9 Å². The fourth-order valence-electron chi connectivity index (χ4n) is 1.13. The molecule has 1 aliphatic heterocycles. The molecule has 0 unspecified atom stereocenters. The van der Waals surface area contributed by atoms with Crippen molar-refractivity contribution in [3.8, 4) is 0 Å². The van der Waals surface area contributed by atoms with E-state index in [1.54, 1.807) is 7.85 Å². The standard InChI is InChI=1S/C6H12BNO2/c7-6(9)8-5-1-3-10-4-2-5/h5H,1-4,7H2,(H,8,9). The average molecular weight is 141 g/mol. The Balaban J connectivity index is 2.19. The number of carbonyl (C=O) groups excluding carboxylic acids is 1. The Hall–Kier alpha value is -0.505. The summed E-state index contributed by atoms with van der Waals surface area (Å²) in [6.45, 7) is 1.57. The summed E-state index contributed by atoms with van der Waals surface area (Å²) in [6, 6.07) is 0.353. The van der Waals surface area contributed by atoms with Crippen LogP contribution in [0.15, 0.2) is 0 Å². The first-order chi connectivity index (χ1) is 4.79. The number of ether oxygens (including phenoxy) is 1. The van der Waals surface area contributed by atoms with Crippen LogP contribution in [-0.2, 0) is 4.74 Å². The molecule has 0 aromatic rings. The largest absolute Gasteiger partial charge is 0.381 e. The van der Waals surface area contributed by atoms with E-state index in [1.165, 1.54) is 0 Å². The minimum Gasteiger partial charge on any atom is -0.381 e. The third-order valence-corrected chi connectivity index (χ3v) is 1.63. The van der Waals surface area contributed by atoms with Crippen molar-refractivity contribution in [2.45, 2.75) is 18.9 Å². The lowest BCUT2D eigenvalue weighted by molar-refractivity contribution is 0.0810. The number of nitrogens with one attached hydrogen (secondary N) is 1. The first-order valence-corrected chi connectivity index (χ1v) is 3.64. The molecule has 56 valence electrons. The summed E-state index contributed by atoms with van der Waals surface area (Å²) >= 11 is 0. The minimum atomic E-state index is 0.0619. The van der Waals surface area contributed by atoms with Crippen molar-refractivity contribution < 1.29 is 9.53 Å². The van der Waals surface area contributed by atoms with Gasteiger partial charge in [0, 0.05) is 19.3 Å². The fourth-order valence-corrected chi connectivity index (χ4v) is 1.13. The maximum atomic E-state index is 10.6. The van der Waals surface area contributed by atoms with Crippen LogP contribution in [0.3, 0.4) is 0 Å². The van der Waals surface area contributed by atoms with Crippen molar-refractivity contribution >= 4 is 13.7 Å². The highest BCUT2D eigenvalue weighted by Gasteiger charge is 2.13. The number of hydrogen-bond donors (Lipinski definition) is 1. The van der Waals surface area contributed by atoms with E-state index in [0.29, 0.717) is 6.04 Å². The van der Waals surface area contributed by atoms with Crippen LogP contribution in [0.2, 0.25) is 0 Å². The quantitative estimate of drug-likeness (QED) is 0.500. The second-order valence-corrected chi connectivity index (χ2v) is 2.59. The summed E-state index contributed by atoms with van der Waals surface area (Å²) in [4.78, 5) is 10.6. The Morgan fingerprint density at radius 3 is 2.60 bits per heavy atom. The number of carbonyl (C=O) groups is 1. The predicted molar refractivity (Wildman–Crippen MR) is 40.9 cm³/mol. The lowest BCUT2D eigenvalue weighted by Gasteiger charge is -2.22. The SMILES string of the molecule is BC(=O)NC1CCOCC1. The van der Waals surface area contributed by atoms with Gasteiger partial charge in [-0.2, -0.15) is 0 Å². The molecule has 1 N–H and O–H groups in total. The summed E-state index contributed by atoms with van der Waals surface area (Å²) in [5.74, 6) is 0.0619. The van der Waals surface area contributed by atoms with Crippen LogP contribution >= 0.6 is 0 Å². The van der Waals surface area contributed by atoms with Crippen molar-refractivity contribution in [2.75, 3.05) is 13.2 Å². The van der Waals surface area contributed by atoms with E-state index in [9.17, 15) is 4.79 Å². The van der Waals surface area contributed by atoms with E-state index in [1.807, 2.05) is 0 Å². The highest BCUT2D eigenvalue weighted by Crippen LogP contribution is 2.05. The lowest BCUT2D eigenvalue weighted by Crippen LogP contribution is -2.38. The molecule has 0 atom stereocenters. The molecule has 0 spiro atoms. The number of rotatable bonds is 1. The Bertz CT molecular complexity index is 123. The molecule has 0 radical (unpaired) electrons. The number of hydrogen-bond acceptors (Lipinski definition) is 2. The molecule has 1 saturated heterocycles. The number of amides is 1. The normalized spacial score (nSPS) is 20.4. The minimum absolute atomic E-state index is 0.0619. The molecule has 1 fully saturated rings. The first-order valence-electron chi connectivity index (χ1n) is 3.64. The molecule has 1 aliphatic rings. The van der Waals surface area contributed by atoms with E-state index in [2.05, 4.69) is 5.32 Å². The van der Waals surface area contributed by atoms with Gasteiger partial charge in [0.15, 0.2) is 5.81 Å². The van der Waals surface area contributed by atoms with Gasteiger partial charge in [0.1, 0.15) is 0 Å². The molecular weight excluding hydrogens is 129 g/mol. The second-order valence-electron chi connectivity index (χ2n) is 2.59. The van der Waals surface area contributed by atoms with Crippen molar-refractivity contribution in [1.29, 1.82) is 0 Å². The molecule has 0 aliphatic carbocycles. The highest BCUT2D eigenvalue weighted by atomic mass is 16.5. The highest BCUT2D eigenvalue weighted by molar-refractivity contribution is 6.57. The molecule has 1 amide bonds. The Morgan fingerprint density at radius 1 is 1.50 bits per heavy atom.